The standard InChI is InChI=1S/C23H31ClN8O3/c24-18-20(27)31-19(26)17(30-18)21(33)32(23(28)29)10-4-3-5-12-8-9-13(11-16(25)22(34)35)15-7-2-1-6-14(12)15/h8-9,16H,1-7,10-11,25H2,(H3,28,29)(H,34,35)(H4,26,27,31)/t16-/m0/s1. The molecule has 1 atom stereocenters. The number of nitrogens with zero attached hydrogens (tertiary/aromatic N) is 3. The maximum absolute atomic E-state index is 12.9. The number of carbonyl (C=O) groups excluding carboxylic acids is 1. The first-order valence-electron chi connectivity index (χ1n) is 11.4. The zero-order valence-electron chi connectivity index (χ0n) is 19.4. The van der Waals surface area contributed by atoms with Crippen LogP contribution in [0.3, 0.4) is 0 Å². The molecule has 0 radical (unpaired) electrons. The highest BCUT2D eigenvalue weighted by molar-refractivity contribution is 6.31. The average molecular weight is 503 g/mol. The van der Waals surface area contributed by atoms with Gasteiger partial charge in [0.15, 0.2) is 28.4 Å². The van der Waals surface area contributed by atoms with Crippen LogP contribution in [0.4, 0.5) is 11.6 Å². The van der Waals surface area contributed by atoms with E-state index in [2.05, 4.69) is 16.0 Å². The maximum Gasteiger partial charge on any atom is 0.320 e. The molecule has 0 bridgehead atoms. The van der Waals surface area contributed by atoms with Crippen molar-refractivity contribution in [3.63, 3.8) is 0 Å². The van der Waals surface area contributed by atoms with Crippen LogP contribution in [0, 0.1) is 5.41 Å². The molecule has 0 fully saturated rings. The van der Waals surface area contributed by atoms with Gasteiger partial charge in [0.2, 0.25) is 0 Å². The van der Waals surface area contributed by atoms with Crippen molar-refractivity contribution in [3.05, 3.63) is 45.2 Å². The van der Waals surface area contributed by atoms with Gasteiger partial charge in [-0.1, -0.05) is 23.7 Å². The van der Waals surface area contributed by atoms with Crippen molar-refractivity contribution < 1.29 is 14.7 Å². The minimum atomic E-state index is -1.00. The molecule has 1 aromatic heterocycles. The van der Waals surface area contributed by atoms with Crippen LogP contribution in [-0.2, 0) is 30.5 Å². The largest absolute Gasteiger partial charge is 0.480 e. The number of benzene rings is 1. The minimum Gasteiger partial charge on any atom is -0.480 e. The molecule has 1 aliphatic rings. The Morgan fingerprint density at radius 3 is 2.34 bits per heavy atom. The third-order valence-corrected chi connectivity index (χ3v) is 6.49. The van der Waals surface area contributed by atoms with Gasteiger partial charge in [-0.25, -0.2) is 9.97 Å². The molecule has 1 aromatic carbocycles. The fraction of sp³-hybridized carbons (Fsp3) is 0.435. The number of hydrogen-bond donors (Lipinski definition) is 6. The Labute approximate surface area is 208 Å². The fourth-order valence-corrected chi connectivity index (χ4v) is 4.54. The van der Waals surface area contributed by atoms with E-state index in [0.717, 1.165) is 49.0 Å². The second kappa shape index (κ2) is 11.3. The molecule has 0 spiro atoms. The summed E-state index contributed by atoms with van der Waals surface area (Å²) in [5, 5.41) is 16.8. The number of nitrogen functional groups attached to an aromatic ring is 2. The predicted octanol–water partition coefficient (Wildman–Crippen LogP) is 1.49. The molecule has 0 aliphatic heterocycles. The lowest BCUT2D eigenvalue weighted by Crippen LogP contribution is -2.42. The molecule has 3 rings (SSSR count). The van der Waals surface area contributed by atoms with Crippen molar-refractivity contribution in [3.8, 4) is 0 Å². The van der Waals surface area contributed by atoms with E-state index in [1.54, 1.807) is 0 Å². The quantitative estimate of drug-likeness (QED) is 0.166. The van der Waals surface area contributed by atoms with E-state index in [9.17, 15) is 14.7 Å². The van der Waals surface area contributed by atoms with E-state index in [4.69, 9.17) is 39.9 Å². The minimum absolute atomic E-state index is 0.0885. The lowest BCUT2D eigenvalue weighted by molar-refractivity contribution is -0.138. The number of hydrogen-bond acceptors (Lipinski definition) is 8. The second-order valence-corrected chi connectivity index (χ2v) is 8.99. The van der Waals surface area contributed by atoms with Gasteiger partial charge in [-0.05, 0) is 73.6 Å². The van der Waals surface area contributed by atoms with Gasteiger partial charge < -0.3 is 28.0 Å². The SMILES string of the molecule is N=C(N)N(CCCCc1ccc(C[C@H](N)C(=O)O)c2c1CCCC2)C(=O)c1nc(Cl)c(N)nc1N. The summed E-state index contributed by atoms with van der Waals surface area (Å²) in [7, 11) is 0. The number of anilines is 2. The predicted molar refractivity (Wildman–Crippen MR) is 134 cm³/mol. The molecular formula is C23H31ClN8O3. The zero-order chi connectivity index (χ0) is 25.7. The van der Waals surface area contributed by atoms with Crippen LogP contribution in [0.25, 0.3) is 0 Å². The van der Waals surface area contributed by atoms with Crippen molar-refractivity contribution in [2.24, 2.45) is 11.5 Å². The number of aliphatic carboxylic acids is 1. The normalized spacial score (nSPS) is 13.7. The van der Waals surface area contributed by atoms with Gasteiger partial charge in [0.1, 0.15) is 6.04 Å². The summed E-state index contributed by atoms with van der Waals surface area (Å²) < 4.78 is 0. The summed E-state index contributed by atoms with van der Waals surface area (Å²) in [5.41, 5.74) is 27.3. The summed E-state index contributed by atoms with van der Waals surface area (Å²) in [6.07, 6.45) is 6.47. The number of unbranched alkanes of at least 4 members (excludes halogenated alkanes) is 1. The van der Waals surface area contributed by atoms with Crippen molar-refractivity contribution >= 4 is 41.1 Å². The van der Waals surface area contributed by atoms with E-state index in [-0.39, 0.29) is 29.0 Å². The Hall–Kier alpha value is -3.44. The number of rotatable bonds is 9. The summed E-state index contributed by atoms with van der Waals surface area (Å²) in [5.74, 6) is -2.37. The van der Waals surface area contributed by atoms with E-state index < -0.39 is 23.9 Å². The zero-order valence-corrected chi connectivity index (χ0v) is 20.1. The first kappa shape index (κ1) is 26.2. The summed E-state index contributed by atoms with van der Waals surface area (Å²) >= 11 is 5.88. The molecular weight excluding hydrogens is 472 g/mol. The molecule has 1 aliphatic carbocycles. The van der Waals surface area contributed by atoms with Crippen molar-refractivity contribution in [1.29, 1.82) is 5.41 Å². The number of fused-ring (bicyclic) bond motifs is 1. The van der Waals surface area contributed by atoms with Crippen molar-refractivity contribution in [2.75, 3.05) is 18.0 Å². The number of nitrogens with two attached hydrogens (primary N) is 4. The summed E-state index contributed by atoms with van der Waals surface area (Å²) in [6, 6.07) is 3.12. The Morgan fingerprint density at radius 2 is 1.71 bits per heavy atom. The van der Waals surface area contributed by atoms with Crippen LogP contribution in [0.1, 0.15) is 58.4 Å². The summed E-state index contributed by atoms with van der Waals surface area (Å²) in [4.78, 5) is 32.9. The monoisotopic (exact) mass is 502 g/mol. The van der Waals surface area contributed by atoms with Crippen LogP contribution in [-0.4, -0.2) is 50.4 Å². The second-order valence-electron chi connectivity index (χ2n) is 8.63. The van der Waals surface area contributed by atoms with Crippen LogP contribution in [0.2, 0.25) is 5.15 Å². The highest BCUT2D eigenvalue weighted by Gasteiger charge is 2.24. The number of halogens is 1. The van der Waals surface area contributed by atoms with Gasteiger partial charge in [0, 0.05) is 6.54 Å². The molecule has 188 valence electrons. The van der Waals surface area contributed by atoms with Gasteiger partial charge in [0.25, 0.3) is 5.91 Å². The first-order chi connectivity index (χ1) is 16.6. The highest BCUT2D eigenvalue weighted by atomic mass is 35.5. The molecule has 10 N–H and O–H groups in total. The lowest BCUT2D eigenvalue weighted by atomic mass is 9.82. The van der Waals surface area contributed by atoms with E-state index in [1.807, 2.05) is 6.07 Å². The van der Waals surface area contributed by atoms with Crippen molar-refractivity contribution in [1.82, 2.24) is 14.9 Å². The number of amides is 1. The smallest absolute Gasteiger partial charge is 0.320 e. The molecule has 2 aromatic rings. The number of guanidine groups is 1. The number of carbonyl (C=O) groups is 2. The van der Waals surface area contributed by atoms with Gasteiger partial charge in [-0.2, -0.15) is 0 Å². The van der Waals surface area contributed by atoms with E-state index >= 15 is 0 Å². The maximum atomic E-state index is 12.9. The number of nitrogens with one attached hydrogen (secondary N) is 1. The van der Waals surface area contributed by atoms with Gasteiger partial charge >= 0.3 is 5.97 Å². The molecule has 1 amide bonds. The Kier molecular flexibility index (Phi) is 8.47. The number of aromatic nitrogens is 2. The Bertz CT molecular complexity index is 1140. The van der Waals surface area contributed by atoms with Gasteiger partial charge in [0.05, 0.1) is 0 Å². The molecule has 35 heavy (non-hydrogen) atoms. The lowest BCUT2D eigenvalue weighted by Gasteiger charge is -2.24. The first-order valence-corrected chi connectivity index (χ1v) is 11.8. The summed E-state index contributed by atoms with van der Waals surface area (Å²) in [6.45, 7) is 0.199. The average Bonchev–Trinajstić information content (AvgIpc) is 2.81. The third-order valence-electron chi connectivity index (χ3n) is 6.21. The fourth-order valence-electron chi connectivity index (χ4n) is 4.41. The van der Waals surface area contributed by atoms with E-state index in [1.165, 1.54) is 16.7 Å². The number of carboxylic acids is 1. The van der Waals surface area contributed by atoms with Crippen molar-refractivity contribution in [2.45, 2.75) is 57.4 Å². The molecule has 12 heteroatoms. The van der Waals surface area contributed by atoms with Gasteiger partial charge in [-0.15, -0.1) is 0 Å². The molecule has 11 nitrogen and oxygen atoms in total. The molecule has 1 heterocycles. The number of carboxylic acid groups (broad SMARTS) is 1. The molecule has 0 saturated carbocycles. The third kappa shape index (κ3) is 6.17. The Morgan fingerprint density at radius 1 is 1.09 bits per heavy atom. The topological polar surface area (TPSA) is 211 Å². The van der Waals surface area contributed by atoms with Crippen LogP contribution in [0.15, 0.2) is 12.1 Å². The van der Waals surface area contributed by atoms with E-state index in [0.29, 0.717) is 12.8 Å². The van der Waals surface area contributed by atoms with Crippen LogP contribution in [0.5, 0.6) is 0 Å². The highest BCUT2D eigenvalue weighted by Crippen LogP contribution is 2.29. The Balaban J connectivity index is 1.67. The number of aryl methyl sites for hydroxylation is 1. The van der Waals surface area contributed by atoms with Crippen LogP contribution >= 0.6 is 11.6 Å². The molecule has 0 saturated heterocycles. The molecule has 0 unspecified atom stereocenters. The van der Waals surface area contributed by atoms with Crippen LogP contribution < -0.4 is 22.9 Å². The van der Waals surface area contributed by atoms with Gasteiger partial charge in [-0.3, -0.25) is 19.9 Å².